The third kappa shape index (κ3) is 3.88. The summed E-state index contributed by atoms with van der Waals surface area (Å²) in [6, 6.07) is 3.85. The lowest BCUT2D eigenvalue weighted by atomic mass is 9.81. The Morgan fingerprint density at radius 3 is 2.61 bits per heavy atom. The average molecular weight is 414 g/mol. The summed E-state index contributed by atoms with van der Waals surface area (Å²) in [6.45, 7) is 7.57. The Balaban J connectivity index is 1.87. The van der Waals surface area contributed by atoms with Gasteiger partial charge in [-0.1, -0.05) is 32.9 Å². The van der Waals surface area contributed by atoms with E-state index in [1.165, 1.54) is 6.07 Å². The van der Waals surface area contributed by atoms with Crippen LogP contribution in [0.3, 0.4) is 0 Å². The number of benzene rings is 1. The van der Waals surface area contributed by atoms with Gasteiger partial charge in [-0.3, -0.25) is 9.59 Å². The first-order valence-corrected chi connectivity index (χ1v) is 10.3. The molecular weight excluding hydrogens is 389 g/mol. The topological polar surface area (TPSA) is 49.4 Å². The van der Waals surface area contributed by atoms with E-state index in [0.717, 1.165) is 12.1 Å². The number of amides is 2. The molecule has 0 unspecified atom stereocenters. The van der Waals surface area contributed by atoms with Gasteiger partial charge in [0.25, 0.3) is 0 Å². The lowest BCUT2D eigenvalue weighted by Gasteiger charge is -2.35. The van der Waals surface area contributed by atoms with Gasteiger partial charge >= 0.3 is 6.18 Å². The number of carbonyl (C=O) groups excluding carboxylic acids is 2. The highest BCUT2D eigenvalue weighted by Gasteiger charge is 2.53. The summed E-state index contributed by atoms with van der Waals surface area (Å²) in [6.07, 6.45) is -3.32. The molecule has 0 aromatic heterocycles. The number of nitrogens with one attached hydrogen (secondary N) is 1. The van der Waals surface area contributed by atoms with Gasteiger partial charge in [0.2, 0.25) is 11.8 Å². The van der Waals surface area contributed by atoms with Gasteiger partial charge in [0, 0.05) is 12.2 Å². The zero-order chi connectivity index (χ0) is 20.9. The number of nitrogens with zero attached hydrogens (tertiary/aromatic N) is 1. The second kappa shape index (κ2) is 6.97. The van der Waals surface area contributed by atoms with E-state index in [0.29, 0.717) is 24.2 Å². The van der Waals surface area contributed by atoms with E-state index < -0.39 is 29.2 Å². The Kier molecular flexibility index (Phi) is 5.23. The summed E-state index contributed by atoms with van der Waals surface area (Å²) in [4.78, 5) is 26.6. The van der Waals surface area contributed by atoms with E-state index >= 15 is 0 Å². The fraction of sp³-hybridized carbons (Fsp3) is 0.600. The van der Waals surface area contributed by atoms with Crippen LogP contribution >= 0.6 is 11.8 Å². The molecule has 0 aliphatic carbocycles. The number of thioether (sulfide) groups is 1. The van der Waals surface area contributed by atoms with Crippen molar-refractivity contribution >= 4 is 23.6 Å². The first-order valence-electron chi connectivity index (χ1n) is 9.26. The summed E-state index contributed by atoms with van der Waals surface area (Å²) in [5.41, 5.74) is -0.853. The molecule has 1 N–H and O–H groups in total. The van der Waals surface area contributed by atoms with E-state index in [-0.39, 0.29) is 16.7 Å². The predicted octanol–water partition coefficient (Wildman–Crippen LogP) is 4.36. The predicted molar refractivity (Wildman–Crippen MR) is 103 cm³/mol. The van der Waals surface area contributed by atoms with Crippen molar-refractivity contribution in [3.63, 3.8) is 0 Å². The number of halogens is 3. The lowest BCUT2D eigenvalue weighted by Crippen LogP contribution is -2.52. The second-order valence-electron chi connectivity index (χ2n) is 8.70. The molecular formula is C20H25F3N2O2S. The Morgan fingerprint density at radius 1 is 1.32 bits per heavy atom. The van der Waals surface area contributed by atoms with Crippen LogP contribution in [0.15, 0.2) is 24.3 Å². The molecule has 8 heteroatoms. The molecule has 3 rings (SSSR count). The molecule has 1 aromatic carbocycles. The molecule has 1 aromatic rings. The van der Waals surface area contributed by atoms with Gasteiger partial charge in [-0.05, 0) is 36.5 Å². The Bertz CT molecular complexity index is 790. The molecule has 0 spiro atoms. The molecule has 2 fully saturated rings. The molecule has 2 aliphatic rings. The second-order valence-corrected chi connectivity index (χ2v) is 10.2. The number of rotatable bonds is 3. The van der Waals surface area contributed by atoms with Crippen LogP contribution in [0.4, 0.5) is 13.2 Å². The van der Waals surface area contributed by atoms with Crippen LogP contribution in [-0.4, -0.2) is 33.4 Å². The average Bonchev–Trinajstić information content (AvgIpc) is 3.07. The van der Waals surface area contributed by atoms with Gasteiger partial charge < -0.3 is 10.2 Å². The first kappa shape index (κ1) is 21.0. The standard InChI is InChI=1S/C20H25F3N2O2S/c1-18(2,3)16(12-6-5-7-13(10-12)20(21,22)23)24-17(27)14-11-28-19(4)9-8-15(26)25(14)19/h5-7,10,14,16H,8-9,11H2,1-4H3,(H,24,27)/t14-,16+,19+/m0/s1. The maximum Gasteiger partial charge on any atom is 0.416 e. The van der Waals surface area contributed by atoms with Crippen molar-refractivity contribution in [2.45, 2.75) is 63.7 Å². The number of hydrogen-bond acceptors (Lipinski definition) is 3. The zero-order valence-corrected chi connectivity index (χ0v) is 17.2. The molecule has 2 aliphatic heterocycles. The lowest BCUT2D eigenvalue weighted by molar-refractivity contribution is -0.138. The quantitative estimate of drug-likeness (QED) is 0.799. The third-order valence-corrected chi connectivity index (χ3v) is 6.95. The molecule has 28 heavy (non-hydrogen) atoms. The van der Waals surface area contributed by atoms with Gasteiger partial charge in [0.15, 0.2) is 0 Å². The summed E-state index contributed by atoms with van der Waals surface area (Å²) in [7, 11) is 0. The molecule has 0 bridgehead atoms. The summed E-state index contributed by atoms with van der Waals surface area (Å²) in [5, 5.41) is 2.93. The minimum absolute atomic E-state index is 0.0426. The van der Waals surface area contributed by atoms with Crippen molar-refractivity contribution in [2.75, 3.05) is 5.75 Å². The number of fused-ring (bicyclic) bond motifs is 1. The SMILES string of the molecule is CC(C)(C)[C@H](NC(=O)[C@@H]1CS[C@]2(C)CCC(=O)N12)c1cccc(C(F)(F)F)c1. The molecule has 3 atom stereocenters. The fourth-order valence-corrected chi connectivity index (χ4v) is 5.38. The summed E-state index contributed by atoms with van der Waals surface area (Å²) in [5.74, 6) is 0.135. The Hall–Kier alpha value is -1.70. The van der Waals surface area contributed by atoms with Gasteiger partial charge in [0.1, 0.15) is 6.04 Å². The van der Waals surface area contributed by atoms with Gasteiger partial charge in [-0.2, -0.15) is 13.2 Å². The Labute approximate surface area is 167 Å². The van der Waals surface area contributed by atoms with E-state index in [1.807, 2.05) is 27.7 Å². The highest BCUT2D eigenvalue weighted by Crippen LogP contribution is 2.47. The van der Waals surface area contributed by atoms with Crippen LogP contribution < -0.4 is 5.32 Å². The molecule has 2 amide bonds. The minimum atomic E-state index is -4.45. The maximum absolute atomic E-state index is 13.1. The molecule has 0 saturated carbocycles. The molecule has 0 radical (unpaired) electrons. The summed E-state index contributed by atoms with van der Waals surface area (Å²) >= 11 is 1.59. The van der Waals surface area contributed by atoms with Crippen LogP contribution in [0.1, 0.15) is 57.7 Å². The fourth-order valence-electron chi connectivity index (χ4n) is 3.95. The van der Waals surface area contributed by atoms with Crippen molar-refractivity contribution in [2.24, 2.45) is 5.41 Å². The van der Waals surface area contributed by atoms with Crippen LogP contribution in [0.25, 0.3) is 0 Å². The largest absolute Gasteiger partial charge is 0.416 e. The van der Waals surface area contributed by atoms with E-state index in [1.54, 1.807) is 22.7 Å². The number of hydrogen-bond donors (Lipinski definition) is 1. The first-order chi connectivity index (χ1) is 12.8. The maximum atomic E-state index is 13.1. The van der Waals surface area contributed by atoms with E-state index in [2.05, 4.69) is 5.32 Å². The van der Waals surface area contributed by atoms with E-state index in [9.17, 15) is 22.8 Å². The van der Waals surface area contributed by atoms with Crippen LogP contribution in [0.2, 0.25) is 0 Å². The smallest absolute Gasteiger partial charge is 0.347 e. The Morgan fingerprint density at radius 2 is 2.00 bits per heavy atom. The van der Waals surface area contributed by atoms with Gasteiger partial charge in [-0.15, -0.1) is 11.8 Å². The van der Waals surface area contributed by atoms with Crippen LogP contribution in [0.5, 0.6) is 0 Å². The van der Waals surface area contributed by atoms with Gasteiger partial charge in [0.05, 0.1) is 16.5 Å². The number of alkyl halides is 3. The van der Waals surface area contributed by atoms with E-state index in [4.69, 9.17) is 0 Å². The third-order valence-electron chi connectivity index (χ3n) is 5.45. The van der Waals surface area contributed by atoms with Crippen molar-refractivity contribution < 1.29 is 22.8 Å². The molecule has 154 valence electrons. The highest BCUT2D eigenvalue weighted by molar-refractivity contribution is 8.01. The summed E-state index contributed by atoms with van der Waals surface area (Å²) < 4.78 is 39.4. The minimum Gasteiger partial charge on any atom is -0.347 e. The number of carbonyl (C=O) groups is 2. The van der Waals surface area contributed by atoms with Crippen molar-refractivity contribution in [3.05, 3.63) is 35.4 Å². The highest BCUT2D eigenvalue weighted by atomic mass is 32.2. The van der Waals surface area contributed by atoms with Crippen LogP contribution in [-0.2, 0) is 15.8 Å². The molecule has 2 saturated heterocycles. The van der Waals surface area contributed by atoms with Gasteiger partial charge in [-0.25, -0.2) is 0 Å². The van der Waals surface area contributed by atoms with Crippen LogP contribution in [0, 0.1) is 5.41 Å². The zero-order valence-electron chi connectivity index (χ0n) is 16.4. The normalized spacial score (nSPS) is 26.3. The monoisotopic (exact) mass is 414 g/mol. The molecule has 4 nitrogen and oxygen atoms in total. The van der Waals surface area contributed by atoms with Crippen molar-refractivity contribution in [1.29, 1.82) is 0 Å². The van der Waals surface area contributed by atoms with Crippen molar-refractivity contribution in [1.82, 2.24) is 10.2 Å². The molecule has 2 heterocycles. The van der Waals surface area contributed by atoms with Crippen molar-refractivity contribution in [3.8, 4) is 0 Å².